The van der Waals surface area contributed by atoms with E-state index in [9.17, 15) is 8.78 Å². The van der Waals surface area contributed by atoms with Gasteiger partial charge in [-0.15, -0.1) is 12.4 Å². The Kier molecular flexibility index (Phi) is 5.48. The molecule has 126 valence electrons. The molecular formula is C14H17ClF2N4O2. The van der Waals surface area contributed by atoms with Crippen molar-refractivity contribution in [3.05, 3.63) is 24.2 Å². The number of aromatic nitrogens is 3. The summed E-state index contributed by atoms with van der Waals surface area (Å²) in [4.78, 5) is 8.37. The Labute approximate surface area is 137 Å². The summed E-state index contributed by atoms with van der Waals surface area (Å²) in [6, 6.07) is 3.12. The zero-order valence-corrected chi connectivity index (χ0v) is 13.1. The molecule has 0 amide bonds. The predicted octanol–water partition coefficient (Wildman–Crippen LogP) is 2.93. The van der Waals surface area contributed by atoms with Crippen LogP contribution in [-0.2, 0) is 5.54 Å². The molecule has 1 saturated carbocycles. The third-order valence-electron chi connectivity index (χ3n) is 3.71. The van der Waals surface area contributed by atoms with Crippen LogP contribution in [0.3, 0.4) is 0 Å². The first-order valence-corrected chi connectivity index (χ1v) is 7.08. The molecular weight excluding hydrogens is 330 g/mol. The van der Waals surface area contributed by atoms with Gasteiger partial charge >= 0.3 is 0 Å². The first-order valence-electron chi connectivity index (χ1n) is 7.08. The molecule has 2 heterocycles. The monoisotopic (exact) mass is 346 g/mol. The van der Waals surface area contributed by atoms with Gasteiger partial charge in [-0.2, -0.15) is 4.98 Å². The minimum absolute atomic E-state index is 0. The molecule has 0 aromatic carbocycles. The molecule has 2 aromatic rings. The third-order valence-corrected chi connectivity index (χ3v) is 3.71. The van der Waals surface area contributed by atoms with E-state index in [1.54, 1.807) is 6.07 Å². The van der Waals surface area contributed by atoms with Crippen LogP contribution in [0.4, 0.5) is 8.78 Å². The number of pyridine rings is 1. The Balaban J connectivity index is 0.00000192. The summed E-state index contributed by atoms with van der Waals surface area (Å²) in [5.74, 6) is 0.720. The van der Waals surface area contributed by atoms with Crippen molar-refractivity contribution in [2.24, 2.45) is 5.73 Å². The van der Waals surface area contributed by atoms with Gasteiger partial charge in [0.05, 0.1) is 5.54 Å². The van der Waals surface area contributed by atoms with E-state index in [1.165, 1.54) is 12.3 Å². The van der Waals surface area contributed by atoms with Gasteiger partial charge < -0.3 is 15.0 Å². The van der Waals surface area contributed by atoms with Crippen LogP contribution in [0.15, 0.2) is 22.9 Å². The van der Waals surface area contributed by atoms with E-state index < -0.39 is 18.6 Å². The number of hydrogen-bond donors (Lipinski definition) is 1. The molecule has 2 aromatic heterocycles. The normalized spacial score (nSPS) is 16.3. The molecule has 9 heteroatoms. The molecule has 0 unspecified atom stereocenters. The highest BCUT2D eigenvalue weighted by Crippen LogP contribution is 2.36. The van der Waals surface area contributed by atoms with Crippen molar-refractivity contribution in [3.63, 3.8) is 0 Å². The second-order valence-electron chi connectivity index (χ2n) is 5.34. The van der Waals surface area contributed by atoms with Crippen LogP contribution in [0, 0.1) is 0 Å². The molecule has 0 bridgehead atoms. The summed E-state index contributed by atoms with van der Waals surface area (Å²) in [5, 5.41) is 3.93. The molecule has 0 radical (unpaired) electrons. The molecule has 23 heavy (non-hydrogen) atoms. The Bertz CT molecular complexity index is 647. The zero-order valence-electron chi connectivity index (χ0n) is 12.2. The van der Waals surface area contributed by atoms with Gasteiger partial charge in [-0.3, -0.25) is 0 Å². The molecule has 1 aliphatic carbocycles. The summed E-state index contributed by atoms with van der Waals surface area (Å²) >= 11 is 0. The van der Waals surface area contributed by atoms with E-state index in [0.717, 1.165) is 25.7 Å². The summed E-state index contributed by atoms with van der Waals surface area (Å²) in [6.07, 6.45) is 2.56. The van der Waals surface area contributed by atoms with Crippen LogP contribution in [0.25, 0.3) is 11.6 Å². The molecule has 0 atom stereocenters. The summed E-state index contributed by atoms with van der Waals surface area (Å²) < 4.78 is 34.8. The summed E-state index contributed by atoms with van der Waals surface area (Å²) in [5.41, 5.74) is 5.93. The molecule has 3 rings (SSSR count). The average Bonchev–Trinajstić information content (AvgIpc) is 3.15. The largest absolute Gasteiger partial charge is 0.485 e. The lowest BCUT2D eigenvalue weighted by Crippen LogP contribution is -2.34. The maximum atomic E-state index is 12.3. The molecule has 2 N–H and O–H groups in total. The Morgan fingerprint density at radius 2 is 2.09 bits per heavy atom. The smallest absolute Gasteiger partial charge is 0.280 e. The van der Waals surface area contributed by atoms with Crippen LogP contribution < -0.4 is 10.5 Å². The third kappa shape index (κ3) is 3.76. The van der Waals surface area contributed by atoms with Gasteiger partial charge in [-0.1, -0.05) is 18.0 Å². The van der Waals surface area contributed by atoms with E-state index >= 15 is 0 Å². The molecule has 0 spiro atoms. The van der Waals surface area contributed by atoms with Crippen LogP contribution in [0.5, 0.6) is 5.75 Å². The molecule has 1 fully saturated rings. The van der Waals surface area contributed by atoms with Crippen molar-refractivity contribution in [1.29, 1.82) is 0 Å². The fourth-order valence-electron chi connectivity index (χ4n) is 2.57. The molecule has 0 saturated heterocycles. The molecule has 6 nitrogen and oxygen atoms in total. The maximum absolute atomic E-state index is 12.3. The Hall–Kier alpha value is -1.80. The van der Waals surface area contributed by atoms with Gasteiger partial charge in [0.2, 0.25) is 0 Å². The summed E-state index contributed by atoms with van der Waals surface area (Å²) in [6.45, 7) is -0.722. The number of ether oxygens (including phenoxy) is 1. The van der Waals surface area contributed by atoms with Crippen molar-refractivity contribution in [3.8, 4) is 17.3 Å². The number of halogens is 3. The number of hydrogen-bond acceptors (Lipinski definition) is 6. The summed E-state index contributed by atoms with van der Waals surface area (Å²) in [7, 11) is 0. The topological polar surface area (TPSA) is 87.1 Å². The molecule has 0 aliphatic heterocycles. The first kappa shape index (κ1) is 17.6. The second kappa shape index (κ2) is 7.18. The van der Waals surface area contributed by atoms with E-state index in [0.29, 0.717) is 5.82 Å². The number of rotatable bonds is 5. The van der Waals surface area contributed by atoms with Gasteiger partial charge in [-0.25, -0.2) is 13.8 Å². The SMILES string of the molecule is Cl.NC1(c2noc(-c3ncccc3OCC(F)F)n2)CCCC1. The van der Waals surface area contributed by atoms with Crippen molar-refractivity contribution in [1.82, 2.24) is 15.1 Å². The Morgan fingerprint density at radius 3 is 2.78 bits per heavy atom. The van der Waals surface area contributed by atoms with Crippen LogP contribution >= 0.6 is 12.4 Å². The van der Waals surface area contributed by atoms with Gasteiger partial charge in [-0.05, 0) is 25.0 Å². The lowest BCUT2D eigenvalue weighted by atomic mass is 9.99. The number of nitrogens with two attached hydrogens (primary N) is 1. The maximum Gasteiger partial charge on any atom is 0.280 e. The highest BCUT2D eigenvalue weighted by molar-refractivity contribution is 5.85. The fraction of sp³-hybridized carbons (Fsp3) is 0.500. The minimum Gasteiger partial charge on any atom is -0.485 e. The molecule has 1 aliphatic rings. The van der Waals surface area contributed by atoms with Crippen LogP contribution in [0.1, 0.15) is 31.5 Å². The number of alkyl halides is 2. The van der Waals surface area contributed by atoms with Gasteiger partial charge in [0.1, 0.15) is 6.61 Å². The van der Waals surface area contributed by atoms with Gasteiger partial charge in [0, 0.05) is 6.20 Å². The minimum atomic E-state index is -2.57. The average molecular weight is 347 g/mol. The standard InChI is InChI=1S/C14H16F2N4O2.ClH/c15-10(16)8-21-9-4-3-7-18-11(9)12-19-13(20-22-12)14(17)5-1-2-6-14;/h3-4,7,10H,1-2,5-6,8,17H2;1H. The van der Waals surface area contributed by atoms with Crippen LogP contribution in [-0.4, -0.2) is 28.2 Å². The quantitative estimate of drug-likeness (QED) is 0.895. The fourth-order valence-corrected chi connectivity index (χ4v) is 2.57. The van der Waals surface area contributed by atoms with Crippen molar-refractivity contribution in [2.45, 2.75) is 37.6 Å². The lowest BCUT2D eigenvalue weighted by molar-refractivity contribution is 0.0819. The predicted molar refractivity (Wildman–Crippen MR) is 80.6 cm³/mol. The van der Waals surface area contributed by atoms with Crippen LogP contribution in [0.2, 0.25) is 0 Å². The van der Waals surface area contributed by atoms with E-state index in [4.69, 9.17) is 15.0 Å². The van der Waals surface area contributed by atoms with E-state index in [2.05, 4.69) is 15.1 Å². The van der Waals surface area contributed by atoms with Crippen molar-refractivity contribution in [2.75, 3.05) is 6.61 Å². The van der Waals surface area contributed by atoms with Crippen molar-refractivity contribution < 1.29 is 18.0 Å². The first-order chi connectivity index (χ1) is 10.6. The zero-order chi connectivity index (χ0) is 15.6. The van der Waals surface area contributed by atoms with Crippen molar-refractivity contribution >= 4 is 12.4 Å². The van der Waals surface area contributed by atoms with E-state index in [1.807, 2.05) is 0 Å². The highest BCUT2D eigenvalue weighted by Gasteiger charge is 2.36. The second-order valence-corrected chi connectivity index (χ2v) is 5.34. The Morgan fingerprint density at radius 1 is 1.35 bits per heavy atom. The van der Waals surface area contributed by atoms with Gasteiger partial charge in [0.15, 0.2) is 17.3 Å². The lowest BCUT2D eigenvalue weighted by Gasteiger charge is -2.17. The highest BCUT2D eigenvalue weighted by atomic mass is 35.5. The number of nitrogens with zero attached hydrogens (tertiary/aromatic N) is 3. The van der Waals surface area contributed by atoms with Gasteiger partial charge in [0.25, 0.3) is 12.3 Å². The van der Waals surface area contributed by atoms with E-state index in [-0.39, 0.29) is 29.7 Å².